The minimum atomic E-state index is -0.151. The first-order valence-electron chi connectivity index (χ1n) is 13.8. The van der Waals surface area contributed by atoms with E-state index in [1.807, 2.05) is 0 Å². The van der Waals surface area contributed by atoms with E-state index in [4.69, 9.17) is 0 Å². The van der Waals surface area contributed by atoms with Crippen LogP contribution in [0.25, 0.3) is 0 Å². The molecule has 0 spiro atoms. The second kappa shape index (κ2) is 14.9. The quantitative estimate of drug-likeness (QED) is 0.290. The number of carbonyl (C=O) groups is 4. The van der Waals surface area contributed by atoms with Crippen molar-refractivity contribution in [3.05, 3.63) is 59.7 Å². The molecule has 3 rings (SSSR count). The molecule has 1 aliphatic carbocycles. The van der Waals surface area contributed by atoms with Crippen molar-refractivity contribution in [2.75, 3.05) is 23.7 Å². The summed E-state index contributed by atoms with van der Waals surface area (Å²) in [5.74, 6) is -0.648. The molecule has 0 bridgehead atoms. The summed E-state index contributed by atoms with van der Waals surface area (Å²) in [5, 5.41) is 11.6. The van der Waals surface area contributed by atoms with Crippen LogP contribution < -0.4 is 21.3 Å². The first-order chi connectivity index (χ1) is 18.4. The summed E-state index contributed by atoms with van der Waals surface area (Å²) in [6, 6.07) is 13.8. The van der Waals surface area contributed by atoms with Crippen molar-refractivity contribution in [2.45, 2.75) is 65.2 Å². The summed E-state index contributed by atoms with van der Waals surface area (Å²) in [6.07, 6.45) is 6.47. The third-order valence-electron chi connectivity index (χ3n) is 6.93. The number of anilines is 2. The van der Waals surface area contributed by atoms with Crippen LogP contribution in [0.5, 0.6) is 0 Å². The highest BCUT2D eigenvalue weighted by Gasteiger charge is 2.30. The average Bonchev–Trinajstić information content (AvgIpc) is 2.94. The molecule has 0 heterocycles. The number of benzene rings is 2. The van der Waals surface area contributed by atoms with Crippen molar-refractivity contribution in [2.24, 2.45) is 11.8 Å². The summed E-state index contributed by atoms with van der Waals surface area (Å²) >= 11 is 0. The van der Waals surface area contributed by atoms with Crippen LogP contribution in [-0.4, -0.2) is 36.7 Å². The molecule has 0 aliphatic heterocycles. The van der Waals surface area contributed by atoms with Gasteiger partial charge in [0.25, 0.3) is 11.8 Å². The molecule has 0 radical (unpaired) electrons. The first kappa shape index (κ1) is 28.9. The Hall–Kier alpha value is -3.68. The van der Waals surface area contributed by atoms with Gasteiger partial charge in [-0.05, 0) is 87.1 Å². The third kappa shape index (κ3) is 8.71. The Kier molecular flexibility index (Phi) is 11.3. The molecule has 204 valence electrons. The molecular weight excluding hydrogens is 480 g/mol. The zero-order valence-electron chi connectivity index (χ0n) is 22.5. The van der Waals surface area contributed by atoms with Crippen LogP contribution in [0, 0.1) is 11.8 Å². The van der Waals surface area contributed by atoms with Gasteiger partial charge in [-0.25, -0.2) is 0 Å². The molecule has 1 fully saturated rings. The Morgan fingerprint density at radius 2 is 0.947 bits per heavy atom. The van der Waals surface area contributed by atoms with Gasteiger partial charge in [0.05, 0.1) is 0 Å². The lowest BCUT2D eigenvalue weighted by atomic mass is 9.81. The van der Waals surface area contributed by atoms with Gasteiger partial charge in [-0.1, -0.05) is 26.7 Å². The van der Waals surface area contributed by atoms with Crippen LogP contribution in [0.1, 0.15) is 85.9 Å². The second-order valence-corrected chi connectivity index (χ2v) is 9.90. The van der Waals surface area contributed by atoms with E-state index in [-0.39, 0.29) is 35.5 Å². The Labute approximate surface area is 225 Å². The summed E-state index contributed by atoms with van der Waals surface area (Å²) in [5.41, 5.74) is 2.44. The topological polar surface area (TPSA) is 116 Å². The van der Waals surface area contributed by atoms with E-state index in [2.05, 4.69) is 35.1 Å². The van der Waals surface area contributed by atoms with E-state index in [1.54, 1.807) is 48.5 Å². The molecular formula is C30H40N4O4. The Morgan fingerprint density at radius 1 is 0.605 bits per heavy atom. The van der Waals surface area contributed by atoms with Gasteiger partial charge < -0.3 is 21.3 Å². The van der Waals surface area contributed by atoms with Crippen molar-refractivity contribution < 1.29 is 19.2 Å². The largest absolute Gasteiger partial charge is 0.352 e. The van der Waals surface area contributed by atoms with E-state index in [9.17, 15) is 19.2 Å². The second-order valence-electron chi connectivity index (χ2n) is 9.90. The van der Waals surface area contributed by atoms with E-state index >= 15 is 0 Å². The van der Waals surface area contributed by atoms with Gasteiger partial charge in [0.15, 0.2) is 0 Å². The van der Waals surface area contributed by atoms with Crippen molar-refractivity contribution in [1.82, 2.24) is 10.6 Å². The van der Waals surface area contributed by atoms with Crippen LogP contribution in [0.3, 0.4) is 0 Å². The lowest BCUT2D eigenvalue weighted by molar-refractivity contribution is -0.125. The molecule has 1 aliphatic rings. The van der Waals surface area contributed by atoms with E-state index in [1.165, 1.54) is 0 Å². The van der Waals surface area contributed by atoms with Gasteiger partial charge in [0.1, 0.15) is 0 Å². The summed E-state index contributed by atoms with van der Waals surface area (Å²) in [7, 11) is 0. The first-order valence-corrected chi connectivity index (χ1v) is 13.8. The summed E-state index contributed by atoms with van der Waals surface area (Å²) in [6.45, 7) is 5.45. The van der Waals surface area contributed by atoms with Gasteiger partial charge in [-0.2, -0.15) is 0 Å². The number of hydrogen-bond donors (Lipinski definition) is 4. The summed E-state index contributed by atoms with van der Waals surface area (Å²) < 4.78 is 0. The van der Waals surface area contributed by atoms with Crippen LogP contribution in [0.4, 0.5) is 11.4 Å². The van der Waals surface area contributed by atoms with Crippen LogP contribution >= 0.6 is 0 Å². The number of rotatable bonds is 12. The fourth-order valence-electron chi connectivity index (χ4n) is 4.48. The molecule has 0 saturated heterocycles. The molecule has 8 nitrogen and oxygen atoms in total. The summed E-state index contributed by atoms with van der Waals surface area (Å²) in [4.78, 5) is 49.8. The highest BCUT2D eigenvalue weighted by molar-refractivity contribution is 5.97. The Balaban J connectivity index is 1.42. The van der Waals surface area contributed by atoms with Gasteiger partial charge in [-0.3, -0.25) is 19.2 Å². The van der Waals surface area contributed by atoms with E-state index in [0.29, 0.717) is 61.3 Å². The van der Waals surface area contributed by atoms with E-state index in [0.717, 1.165) is 25.7 Å². The van der Waals surface area contributed by atoms with Gasteiger partial charge in [-0.15, -0.1) is 0 Å². The van der Waals surface area contributed by atoms with Crippen molar-refractivity contribution >= 4 is 35.0 Å². The van der Waals surface area contributed by atoms with Crippen LogP contribution in [-0.2, 0) is 9.59 Å². The van der Waals surface area contributed by atoms with Crippen LogP contribution in [0.2, 0.25) is 0 Å². The third-order valence-corrected chi connectivity index (χ3v) is 6.93. The van der Waals surface area contributed by atoms with Gasteiger partial charge in [0.2, 0.25) is 11.8 Å². The molecule has 0 atom stereocenters. The number of hydrogen-bond acceptors (Lipinski definition) is 4. The number of carbonyl (C=O) groups excluding carboxylic acids is 4. The Bertz CT molecular complexity index is 987. The molecule has 1 saturated carbocycles. The predicted octanol–water partition coefficient (Wildman–Crippen LogP) is 5.13. The highest BCUT2D eigenvalue weighted by atomic mass is 16.2. The van der Waals surface area contributed by atoms with E-state index < -0.39 is 0 Å². The monoisotopic (exact) mass is 520 g/mol. The zero-order valence-corrected chi connectivity index (χ0v) is 22.5. The van der Waals surface area contributed by atoms with Crippen molar-refractivity contribution in [1.29, 1.82) is 0 Å². The lowest BCUT2D eigenvalue weighted by Gasteiger charge is -2.27. The van der Waals surface area contributed by atoms with Crippen molar-refractivity contribution in [3.63, 3.8) is 0 Å². The highest BCUT2D eigenvalue weighted by Crippen LogP contribution is 2.30. The molecule has 8 heteroatoms. The van der Waals surface area contributed by atoms with Gasteiger partial charge in [0, 0.05) is 47.4 Å². The Morgan fingerprint density at radius 3 is 1.26 bits per heavy atom. The zero-order chi connectivity index (χ0) is 27.3. The van der Waals surface area contributed by atoms with Crippen molar-refractivity contribution in [3.8, 4) is 0 Å². The van der Waals surface area contributed by atoms with Gasteiger partial charge >= 0.3 is 0 Å². The minimum absolute atomic E-state index is 0.0585. The number of unbranched alkanes of at least 4 members (excludes halogenated alkanes) is 2. The average molecular weight is 521 g/mol. The SMILES string of the molecule is CCCCNC(=O)c1ccc(NC(=O)C2CCC(C(=O)Nc3ccc(C(=O)NCCCC)cc3)CC2)cc1. The molecule has 4 amide bonds. The molecule has 2 aromatic carbocycles. The normalized spacial score (nSPS) is 16.8. The maximum atomic E-state index is 12.8. The molecule has 2 aromatic rings. The number of nitrogens with one attached hydrogen (secondary N) is 4. The molecule has 38 heavy (non-hydrogen) atoms. The number of amides is 4. The molecule has 4 N–H and O–H groups in total. The standard InChI is InChI=1S/C30H40N4O4/c1-3-5-19-31-27(35)21-11-15-25(16-12-21)33-29(37)23-7-9-24(10-8-23)30(38)34-26-17-13-22(14-18-26)28(36)32-20-6-4-2/h11-18,23-24H,3-10,19-20H2,1-2H3,(H,31,35)(H,32,36)(H,33,37)(H,34,38). The maximum Gasteiger partial charge on any atom is 0.251 e. The fourth-order valence-corrected chi connectivity index (χ4v) is 4.48. The molecule has 0 unspecified atom stereocenters. The van der Waals surface area contributed by atoms with Crippen LogP contribution in [0.15, 0.2) is 48.5 Å². The lowest BCUT2D eigenvalue weighted by Crippen LogP contribution is -2.32. The maximum absolute atomic E-state index is 12.8. The minimum Gasteiger partial charge on any atom is -0.352 e. The molecule has 0 aromatic heterocycles. The fraction of sp³-hybridized carbons (Fsp3) is 0.467. The smallest absolute Gasteiger partial charge is 0.251 e. The predicted molar refractivity (Wildman–Crippen MR) is 150 cm³/mol.